The maximum Gasteiger partial charge on any atom is 0.257 e. The molecule has 2 aromatic rings. The van der Waals surface area contributed by atoms with Crippen LogP contribution in [0, 0.1) is 0 Å². The molecule has 0 bridgehead atoms. The molecule has 2 aromatic heterocycles. The van der Waals surface area contributed by atoms with Gasteiger partial charge in [-0.05, 0) is 19.4 Å². The van der Waals surface area contributed by atoms with Crippen molar-refractivity contribution in [2.45, 2.75) is 26.3 Å². The summed E-state index contributed by atoms with van der Waals surface area (Å²) in [5.41, 5.74) is 0. The minimum atomic E-state index is 0.0990. The van der Waals surface area contributed by atoms with Crippen molar-refractivity contribution in [3.05, 3.63) is 18.5 Å². The van der Waals surface area contributed by atoms with E-state index < -0.39 is 0 Å². The van der Waals surface area contributed by atoms with Crippen molar-refractivity contribution < 1.29 is 4.74 Å². The Bertz CT molecular complexity index is 543. The zero-order chi connectivity index (χ0) is 15.1. The molecule has 2 heterocycles. The molecule has 8 nitrogen and oxygen atoms in total. The summed E-state index contributed by atoms with van der Waals surface area (Å²) in [6.07, 6.45) is 4.47. The van der Waals surface area contributed by atoms with Crippen LogP contribution in [0.15, 0.2) is 18.5 Å². The number of nitrogens with zero attached hydrogens (tertiary/aromatic N) is 5. The SMILES string of the molecule is CCCNc1nc(NC(C)COC)nc(-n2cccn2)n1. The van der Waals surface area contributed by atoms with Crippen LogP contribution in [0.1, 0.15) is 20.3 Å². The molecule has 0 amide bonds. The summed E-state index contributed by atoms with van der Waals surface area (Å²) in [4.78, 5) is 13.1. The van der Waals surface area contributed by atoms with E-state index in [1.54, 1.807) is 24.2 Å². The van der Waals surface area contributed by atoms with Gasteiger partial charge in [-0.3, -0.25) is 0 Å². The maximum atomic E-state index is 5.11. The van der Waals surface area contributed by atoms with Crippen LogP contribution in [0.5, 0.6) is 0 Å². The molecule has 0 aliphatic rings. The molecular formula is C13H21N7O. The van der Waals surface area contributed by atoms with E-state index >= 15 is 0 Å². The molecule has 0 saturated carbocycles. The second-order valence-corrected chi connectivity index (χ2v) is 4.66. The van der Waals surface area contributed by atoms with E-state index in [-0.39, 0.29) is 6.04 Å². The number of hydrogen-bond acceptors (Lipinski definition) is 7. The molecular weight excluding hydrogens is 270 g/mol. The first-order valence-corrected chi connectivity index (χ1v) is 6.98. The second kappa shape index (κ2) is 7.53. The van der Waals surface area contributed by atoms with Gasteiger partial charge in [-0.25, -0.2) is 4.68 Å². The van der Waals surface area contributed by atoms with E-state index in [2.05, 4.69) is 37.6 Å². The Morgan fingerprint density at radius 1 is 1.29 bits per heavy atom. The number of rotatable bonds is 8. The van der Waals surface area contributed by atoms with Crippen LogP contribution >= 0.6 is 0 Å². The fourth-order valence-electron chi connectivity index (χ4n) is 1.75. The van der Waals surface area contributed by atoms with E-state index in [0.29, 0.717) is 24.5 Å². The van der Waals surface area contributed by atoms with Crippen molar-refractivity contribution in [3.63, 3.8) is 0 Å². The number of anilines is 2. The van der Waals surface area contributed by atoms with Crippen LogP contribution in [-0.2, 0) is 4.74 Å². The summed E-state index contributed by atoms with van der Waals surface area (Å²) in [6, 6.07) is 1.92. The predicted octanol–water partition coefficient (Wildman–Crippen LogP) is 1.33. The Morgan fingerprint density at radius 3 is 2.76 bits per heavy atom. The lowest BCUT2D eigenvalue weighted by atomic mass is 10.4. The molecule has 0 fully saturated rings. The Balaban J connectivity index is 2.24. The molecule has 0 saturated heterocycles. The van der Waals surface area contributed by atoms with Crippen molar-refractivity contribution in [1.29, 1.82) is 0 Å². The fraction of sp³-hybridized carbons (Fsp3) is 0.538. The third-order valence-corrected chi connectivity index (χ3v) is 2.66. The standard InChI is InChI=1S/C13H21N7O/c1-4-6-14-11-17-12(16-10(2)9-21-3)19-13(18-11)20-8-5-7-15-20/h5,7-8,10H,4,6,9H2,1-3H3,(H2,14,16,17,18,19). The lowest BCUT2D eigenvalue weighted by Crippen LogP contribution is -2.23. The van der Waals surface area contributed by atoms with E-state index in [4.69, 9.17) is 4.74 Å². The molecule has 8 heteroatoms. The summed E-state index contributed by atoms with van der Waals surface area (Å²) in [5.74, 6) is 1.50. The van der Waals surface area contributed by atoms with Crippen LogP contribution in [0.4, 0.5) is 11.9 Å². The Hall–Kier alpha value is -2.22. The Labute approximate surface area is 124 Å². The minimum absolute atomic E-state index is 0.0990. The zero-order valence-corrected chi connectivity index (χ0v) is 12.6. The van der Waals surface area contributed by atoms with Gasteiger partial charge in [0.2, 0.25) is 11.9 Å². The van der Waals surface area contributed by atoms with Gasteiger partial charge < -0.3 is 15.4 Å². The lowest BCUT2D eigenvalue weighted by Gasteiger charge is -2.14. The van der Waals surface area contributed by atoms with Crippen molar-refractivity contribution in [3.8, 4) is 5.95 Å². The van der Waals surface area contributed by atoms with E-state index in [1.165, 1.54) is 0 Å². The topological polar surface area (TPSA) is 89.8 Å². The van der Waals surface area contributed by atoms with Gasteiger partial charge in [-0.2, -0.15) is 20.1 Å². The van der Waals surface area contributed by atoms with Gasteiger partial charge in [0.05, 0.1) is 6.61 Å². The third-order valence-electron chi connectivity index (χ3n) is 2.66. The average molecular weight is 291 g/mol. The second-order valence-electron chi connectivity index (χ2n) is 4.66. The third kappa shape index (κ3) is 4.38. The smallest absolute Gasteiger partial charge is 0.257 e. The van der Waals surface area contributed by atoms with Crippen molar-refractivity contribution in [2.75, 3.05) is 30.9 Å². The molecule has 0 aromatic carbocycles. The lowest BCUT2D eigenvalue weighted by molar-refractivity contribution is 0.190. The maximum absolute atomic E-state index is 5.11. The summed E-state index contributed by atoms with van der Waals surface area (Å²) in [7, 11) is 1.66. The number of aromatic nitrogens is 5. The molecule has 0 spiro atoms. The normalized spacial score (nSPS) is 12.1. The number of hydrogen-bond donors (Lipinski definition) is 2. The van der Waals surface area contributed by atoms with Crippen molar-refractivity contribution in [2.24, 2.45) is 0 Å². The first-order chi connectivity index (χ1) is 10.2. The highest BCUT2D eigenvalue weighted by Crippen LogP contribution is 2.10. The van der Waals surface area contributed by atoms with Crippen LogP contribution in [-0.4, -0.2) is 51.0 Å². The number of methoxy groups -OCH3 is 1. The van der Waals surface area contributed by atoms with Crippen molar-refractivity contribution in [1.82, 2.24) is 24.7 Å². The molecule has 1 unspecified atom stereocenters. The van der Waals surface area contributed by atoms with Gasteiger partial charge >= 0.3 is 0 Å². The van der Waals surface area contributed by atoms with Crippen LogP contribution < -0.4 is 10.6 Å². The predicted molar refractivity (Wildman–Crippen MR) is 80.7 cm³/mol. The summed E-state index contributed by atoms with van der Waals surface area (Å²) in [5, 5.41) is 10.5. The monoisotopic (exact) mass is 291 g/mol. The van der Waals surface area contributed by atoms with E-state index in [0.717, 1.165) is 13.0 Å². The van der Waals surface area contributed by atoms with E-state index in [9.17, 15) is 0 Å². The fourth-order valence-corrected chi connectivity index (χ4v) is 1.75. The van der Waals surface area contributed by atoms with Gasteiger partial charge in [0, 0.05) is 32.1 Å². The summed E-state index contributed by atoms with van der Waals surface area (Å²) < 4.78 is 6.71. The quantitative estimate of drug-likeness (QED) is 0.758. The number of ether oxygens (including phenoxy) is 1. The average Bonchev–Trinajstić information content (AvgIpc) is 2.99. The zero-order valence-electron chi connectivity index (χ0n) is 12.6. The summed E-state index contributed by atoms with van der Waals surface area (Å²) >= 11 is 0. The summed E-state index contributed by atoms with van der Waals surface area (Å²) in [6.45, 7) is 5.46. The minimum Gasteiger partial charge on any atom is -0.383 e. The molecule has 0 radical (unpaired) electrons. The number of nitrogens with one attached hydrogen (secondary N) is 2. The van der Waals surface area contributed by atoms with Gasteiger partial charge in [0.15, 0.2) is 0 Å². The van der Waals surface area contributed by atoms with Gasteiger partial charge in [0.1, 0.15) is 0 Å². The highest BCUT2D eigenvalue weighted by Gasteiger charge is 2.10. The van der Waals surface area contributed by atoms with E-state index in [1.807, 2.05) is 13.0 Å². The molecule has 1 atom stereocenters. The van der Waals surface area contributed by atoms with Crippen molar-refractivity contribution >= 4 is 11.9 Å². The Kier molecular flexibility index (Phi) is 5.44. The molecule has 21 heavy (non-hydrogen) atoms. The van der Waals surface area contributed by atoms with Crippen LogP contribution in [0.25, 0.3) is 5.95 Å². The first-order valence-electron chi connectivity index (χ1n) is 6.98. The molecule has 114 valence electrons. The highest BCUT2D eigenvalue weighted by atomic mass is 16.5. The highest BCUT2D eigenvalue weighted by molar-refractivity contribution is 5.38. The van der Waals surface area contributed by atoms with Crippen LogP contribution in [0.3, 0.4) is 0 Å². The largest absolute Gasteiger partial charge is 0.383 e. The van der Waals surface area contributed by atoms with Gasteiger partial charge in [-0.1, -0.05) is 6.92 Å². The molecule has 0 aliphatic heterocycles. The van der Waals surface area contributed by atoms with Gasteiger partial charge in [0.25, 0.3) is 5.95 Å². The van der Waals surface area contributed by atoms with Crippen LogP contribution in [0.2, 0.25) is 0 Å². The molecule has 0 aliphatic carbocycles. The first kappa shape index (κ1) is 15.2. The van der Waals surface area contributed by atoms with Gasteiger partial charge in [-0.15, -0.1) is 0 Å². The Morgan fingerprint density at radius 2 is 2.10 bits per heavy atom. The molecule has 2 rings (SSSR count). The molecule has 2 N–H and O–H groups in total.